The molecule has 0 radical (unpaired) electrons. The second kappa shape index (κ2) is 8.43. The van der Waals surface area contributed by atoms with Crippen LogP contribution >= 0.6 is 0 Å². The maximum absolute atomic E-state index is 13.4. The molecule has 5 heteroatoms. The molecule has 1 amide bonds. The zero-order valence-electron chi connectivity index (χ0n) is 16.3. The molecule has 0 aliphatic heterocycles. The minimum Gasteiger partial charge on any atom is -0.490 e. The molecule has 1 aliphatic rings. The fourth-order valence-corrected chi connectivity index (χ4v) is 3.87. The van der Waals surface area contributed by atoms with Crippen molar-refractivity contribution >= 4 is 11.6 Å². The van der Waals surface area contributed by atoms with E-state index in [2.05, 4.69) is 11.4 Å². The van der Waals surface area contributed by atoms with Gasteiger partial charge in [0.15, 0.2) is 0 Å². The van der Waals surface area contributed by atoms with Gasteiger partial charge in [-0.15, -0.1) is 0 Å². The Morgan fingerprint density at radius 2 is 1.82 bits per heavy atom. The average molecular weight is 380 g/mol. The lowest BCUT2D eigenvalue weighted by Crippen LogP contribution is -2.42. The van der Waals surface area contributed by atoms with Crippen molar-refractivity contribution < 1.29 is 13.9 Å². The van der Waals surface area contributed by atoms with Crippen LogP contribution in [0.2, 0.25) is 0 Å². The first kappa shape index (κ1) is 19.9. The fourth-order valence-electron chi connectivity index (χ4n) is 3.87. The molecule has 146 valence electrons. The molecule has 0 spiro atoms. The predicted octanol–water partition coefficient (Wildman–Crippen LogP) is 5.33. The molecule has 2 aromatic carbocycles. The number of nitrogens with one attached hydrogen (secondary N) is 1. The Balaban J connectivity index is 1.88. The maximum atomic E-state index is 13.4. The number of hydrogen-bond acceptors (Lipinski definition) is 3. The molecule has 0 atom stereocenters. The van der Waals surface area contributed by atoms with Gasteiger partial charge in [-0.1, -0.05) is 31.4 Å². The Morgan fingerprint density at radius 3 is 2.43 bits per heavy atom. The van der Waals surface area contributed by atoms with Gasteiger partial charge in [-0.3, -0.25) is 4.79 Å². The molecule has 3 rings (SSSR count). The second-order valence-corrected chi connectivity index (χ2v) is 7.59. The summed E-state index contributed by atoms with van der Waals surface area (Å²) in [6.45, 7) is 3.79. The highest BCUT2D eigenvalue weighted by Crippen LogP contribution is 2.40. The molecular weight excluding hydrogens is 355 g/mol. The third kappa shape index (κ3) is 4.17. The van der Waals surface area contributed by atoms with E-state index in [1.807, 2.05) is 13.8 Å². The zero-order chi connectivity index (χ0) is 20.1. The van der Waals surface area contributed by atoms with Crippen molar-refractivity contribution in [2.24, 2.45) is 0 Å². The molecule has 1 fully saturated rings. The van der Waals surface area contributed by atoms with E-state index in [0.717, 1.165) is 37.7 Å². The number of ether oxygens (including phenoxy) is 1. The van der Waals surface area contributed by atoms with Crippen LogP contribution in [0.4, 0.5) is 10.1 Å². The summed E-state index contributed by atoms with van der Waals surface area (Å²) in [6.07, 6.45) is 4.41. The predicted molar refractivity (Wildman–Crippen MR) is 107 cm³/mol. The van der Waals surface area contributed by atoms with Gasteiger partial charge in [0, 0.05) is 5.69 Å². The molecular formula is C23H25FN2O2. The molecule has 1 aliphatic carbocycles. The third-order valence-electron chi connectivity index (χ3n) is 5.26. The highest BCUT2D eigenvalue weighted by molar-refractivity contribution is 5.99. The number of amides is 1. The molecule has 0 heterocycles. The van der Waals surface area contributed by atoms with Crippen molar-refractivity contribution in [2.75, 3.05) is 5.32 Å². The maximum Gasteiger partial charge on any atom is 0.235 e. The Morgan fingerprint density at radius 1 is 1.14 bits per heavy atom. The van der Waals surface area contributed by atoms with Crippen LogP contribution in [0.3, 0.4) is 0 Å². The van der Waals surface area contributed by atoms with Crippen LogP contribution in [0.15, 0.2) is 42.5 Å². The van der Waals surface area contributed by atoms with E-state index in [0.29, 0.717) is 17.0 Å². The summed E-state index contributed by atoms with van der Waals surface area (Å²) in [5.41, 5.74) is 1.10. The SMILES string of the molecule is CC(C)Oc1ccc(NC(=O)C2(c3ccc(F)cc3)CCCCC2)cc1C#N. The average Bonchev–Trinajstić information content (AvgIpc) is 2.69. The summed E-state index contributed by atoms with van der Waals surface area (Å²) in [7, 11) is 0. The molecule has 1 saturated carbocycles. The van der Waals surface area contributed by atoms with Crippen LogP contribution in [-0.4, -0.2) is 12.0 Å². The summed E-state index contributed by atoms with van der Waals surface area (Å²) in [4.78, 5) is 13.3. The number of carbonyl (C=O) groups is 1. The van der Waals surface area contributed by atoms with Crippen LogP contribution in [0.25, 0.3) is 0 Å². The minimum atomic E-state index is -0.675. The van der Waals surface area contributed by atoms with Crippen molar-refractivity contribution in [2.45, 2.75) is 57.5 Å². The quantitative estimate of drug-likeness (QED) is 0.763. The topological polar surface area (TPSA) is 62.1 Å². The summed E-state index contributed by atoms with van der Waals surface area (Å²) >= 11 is 0. The van der Waals surface area contributed by atoms with E-state index in [1.54, 1.807) is 30.3 Å². The Bertz CT molecular complexity index is 878. The van der Waals surface area contributed by atoms with Gasteiger partial charge in [0.2, 0.25) is 5.91 Å². The standard InChI is InChI=1S/C23H25FN2O2/c1-16(2)28-21-11-10-20(14-17(21)15-25)26-22(27)23(12-4-3-5-13-23)18-6-8-19(24)9-7-18/h6-11,14,16H,3-5,12-13H2,1-2H3,(H,26,27). The lowest BCUT2D eigenvalue weighted by atomic mass is 9.68. The van der Waals surface area contributed by atoms with Crippen LogP contribution in [-0.2, 0) is 10.2 Å². The van der Waals surface area contributed by atoms with E-state index in [-0.39, 0.29) is 17.8 Å². The highest BCUT2D eigenvalue weighted by Gasteiger charge is 2.41. The van der Waals surface area contributed by atoms with E-state index in [9.17, 15) is 14.4 Å². The molecule has 4 nitrogen and oxygen atoms in total. The molecule has 1 N–H and O–H groups in total. The Labute approximate surface area is 165 Å². The van der Waals surface area contributed by atoms with Gasteiger partial charge in [0.05, 0.1) is 17.1 Å². The smallest absolute Gasteiger partial charge is 0.235 e. The number of nitriles is 1. The van der Waals surface area contributed by atoms with Gasteiger partial charge in [0.1, 0.15) is 17.6 Å². The minimum absolute atomic E-state index is 0.0449. The molecule has 0 aromatic heterocycles. The monoisotopic (exact) mass is 380 g/mol. The van der Waals surface area contributed by atoms with Crippen molar-refractivity contribution in [3.8, 4) is 11.8 Å². The third-order valence-corrected chi connectivity index (χ3v) is 5.26. The largest absolute Gasteiger partial charge is 0.490 e. The highest BCUT2D eigenvalue weighted by atomic mass is 19.1. The van der Waals surface area contributed by atoms with E-state index < -0.39 is 5.41 Å². The van der Waals surface area contributed by atoms with Crippen LogP contribution in [0.1, 0.15) is 57.1 Å². The van der Waals surface area contributed by atoms with Crippen molar-refractivity contribution in [3.05, 3.63) is 59.4 Å². The number of nitrogens with zero attached hydrogens (tertiary/aromatic N) is 1. The normalized spacial score (nSPS) is 15.7. The van der Waals surface area contributed by atoms with Crippen molar-refractivity contribution in [1.82, 2.24) is 0 Å². The number of carbonyl (C=O) groups excluding carboxylic acids is 1. The summed E-state index contributed by atoms with van der Waals surface area (Å²) in [5, 5.41) is 12.4. The molecule has 0 saturated heterocycles. The van der Waals surface area contributed by atoms with E-state index in [4.69, 9.17) is 4.74 Å². The number of benzene rings is 2. The zero-order valence-corrected chi connectivity index (χ0v) is 16.3. The van der Waals surface area contributed by atoms with Gasteiger partial charge in [-0.2, -0.15) is 5.26 Å². The van der Waals surface area contributed by atoms with Crippen molar-refractivity contribution in [1.29, 1.82) is 5.26 Å². The summed E-state index contributed by atoms with van der Waals surface area (Å²) in [6, 6.07) is 13.4. The van der Waals surface area contributed by atoms with Gasteiger partial charge in [0.25, 0.3) is 0 Å². The number of hydrogen-bond donors (Lipinski definition) is 1. The first-order chi connectivity index (χ1) is 13.4. The second-order valence-electron chi connectivity index (χ2n) is 7.59. The summed E-state index contributed by atoms with van der Waals surface area (Å²) < 4.78 is 19.0. The number of rotatable bonds is 5. The molecule has 28 heavy (non-hydrogen) atoms. The van der Waals surface area contributed by atoms with Gasteiger partial charge in [-0.05, 0) is 62.6 Å². The number of anilines is 1. The van der Waals surface area contributed by atoms with Crippen LogP contribution in [0, 0.1) is 17.1 Å². The fraction of sp³-hybridized carbons (Fsp3) is 0.391. The van der Waals surface area contributed by atoms with Crippen LogP contribution < -0.4 is 10.1 Å². The first-order valence-corrected chi connectivity index (χ1v) is 9.73. The summed E-state index contributed by atoms with van der Waals surface area (Å²) in [5.74, 6) is 0.0798. The van der Waals surface area contributed by atoms with Crippen LogP contribution in [0.5, 0.6) is 5.75 Å². The molecule has 0 unspecified atom stereocenters. The number of halogens is 1. The van der Waals surface area contributed by atoms with Crippen molar-refractivity contribution in [3.63, 3.8) is 0 Å². The van der Waals surface area contributed by atoms with E-state index >= 15 is 0 Å². The molecule has 2 aromatic rings. The van der Waals surface area contributed by atoms with Gasteiger partial charge >= 0.3 is 0 Å². The Kier molecular flexibility index (Phi) is 5.99. The van der Waals surface area contributed by atoms with Gasteiger partial charge < -0.3 is 10.1 Å². The Hall–Kier alpha value is -2.87. The van der Waals surface area contributed by atoms with E-state index in [1.165, 1.54) is 12.1 Å². The molecule has 0 bridgehead atoms. The van der Waals surface area contributed by atoms with Gasteiger partial charge in [-0.25, -0.2) is 4.39 Å². The first-order valence-electron chi connectivity index (χ1n) is 9.73. The lowest BCUT2D eigenvalue weighted by molar-refractivity contribution is -0.122. The lowest BCUT2D eigenvalue weighted by Gasteiger charge is -2.36.